The van der Waals surface area contributed by atoms with Crippen molar-refractivity contribution < 1.29 is 27.5 Å². The van der Waals surface area contributed by atoms with Crippen LogP contribution in [0.25, 0.3) is 5.57 Å². The second-order valence-corrected chi connectivity index (χ2v) is 7.84. The molecule has 0 aromatic heterocycles. The Morgan fingerprint density at radius 3 is 2.27 bits per heavy atom. The fourth-order valence-electron chi connectivity index (χ4n) is 4.25. The summed E-state index contributed by atoms with van der Waals surface area (Å²) in [5.41, 5.74) is -0.280. The van der Waals surface area contributed by atoms with Crippen LogP contribution in [0.1, 0.15) is 18.1 Å². The second kappa shape index (κ2) is 8.90. The van der Waals surface area contributed by atoms with Gasteiger partial charge in [-0.1, -0.05) is 31.2 Å². The first-order chi connectivity index (χ1) is 15.8. The number of amides is 2. The summed E-state index contributed by atoms with van der Waals surface area (Å²) in [7, 11) is 1.46. The monoisotopic (exact) mass is 459 g/mol. The number of imide groups is 1. The van der Waals surface area contributed by atoms with E-state index >= 15 is 0 Å². The van der Waals surface area contributed by atoms with Gasteiger partial charge in [-0.05, 0) is 30.8 Å². The first-order valence-electron chi connectivity index (χ1n) is 10.7. The minimum absolute atomic E-state index is 0.116. The number of anilines is 1. The number of methoxy groups -OCH3 is 1. The van der Waals surface area contributed by atoms with Crippen molar-refractivity contribution in [1.29, 1.82) is 0 Å². The van der Waals surface area contributed by atoms with Crippen molar-refractivity contribution in [2.45, 2.75) is 13.1 Å². The molecule has 2 aromatic rings. The molecule has 1 saturated heterocycles. The van der Waals surface area contributed by atoms with E-state index in [1.54, 1.807) is 24.3 Å². The van der Waals surface area contributed by atoms with Gasteiger partial charge < -0.3 is 14.5 Å². The number of alkyl halides is 3. The SMILES string of the molecule is CCN1CCN(C2=C(c3ccccc3OC)C(=O)N(c3cccc(C(F)(F)F)c3)C2=O)CC1. The van der Waals surface area contributed by atoms with Gasteiger partial charge in [0.25, 0.3) is 11.8 Å². The van der Waals surface area contributed by atoms with Crippen LogP contribution in [0.5, 0.6) is 5.75 Å². The molecule has 0 saturated carbocycles. The molecule has 6 nitrogen and oxygen atoms in total. The summed E-state index contributed by atoms with van der Waals surface area (Å²) in [5, 5.41) is 0. The number of carbonyl (C=O) groups is 2. The number of ether oxygens (including phenoxy) is 1. The normalized spacial score (nSPS) is 17.8. The smallest absolute Gasteiger partial charge is 0.416 e. The zero-order valence-electron chi connectivity index (χ0n) is 18.4. The summed E-state index contributed by atoms with van der Waals surface area (Å²) in [6.45, 7) is 5.40. The van der Waals surface area contributed by atoms with Gasteiger partial charge in [0.15, 0.2) is 0 Å². The number of piperazine rings is 1. The van der Waals surface area contributed by atoms with E-state index in [0.717, 1.165) is 23.6 Å². The maximum Gasteiger partial charge on any atom is 0.416 e. The van der Waals surface area contributed by atoms with Crippen molar-refractivity contribution in [2.75, 3.05) is 44.7 Å². The van der Waals surface area contributed by atoms with Gasteiger partial charge in [-0.2, -0.15) is 13.2 Å². The summed E-state index contributed by atoms with van der Waals surface area (Å²) in [6.07, 6.45) is -4.60. The Hall–Kier alpha value is -3.33. The summed E-state index contributed by atoms with van der Waals surface area (Å²) >= 11 is 0. The van der Waals surface area contributed by atoms with Crippen molar-refractivity contribution in [3.63, 3.8) is 0 Å². The van der Waals surface area contributed by atoms with E-state index in [2.05, 4.69) is 11.8 Å². The molecule has 2 aromatic carbocycles. The predicted octanol–water partition coefficient (Wildman–Crippen LogP) is 3.64. The zero-order chi connectivity index (χ0) is 23.8. The summed E-state index contributed by atoms with van der Waals surface area (Å²) in [5.74, 6) is -0.897. The molecule has 1 fully saturated rings. The Kier molecular flexibility index (Phi) is 6.16. The first-order valence-corrected chi connectivity index (χ1v) is 10.7. The van der Waals surface area contributed by atoms with Gasteiger partial charge in [-0.15, -0.1) is 0 Å². The minimum atomic E-state index is -4.60. The highest BCUT2D eigenvalue weighted by atomic mass is 19.4. The number of hydrogen-bond acceptors (Lipinski definition) is 5. The standard InChI is InChI=1S/C24H24F3N3O3/c1-3-28-11-13-29(14-12-28)21-20(18-9-4-5-10-19(18)33-2)22(31)30(23(21)32)17-8-6-7-16(15-17)24(25,26)27/h4-10,15H,3,11-14H2,1-2H3. The molecular formula is C24H24F3N3O3. The minimum Gasteiger partial charge on any atom is -0.496 e. The Morgan fingerprint density at radius 1 is 0.939 bits per heavy atom. The van der Waals surface area contributed by atoms with Gasteiger partial charge in [-0.25, -0.2) is 4.90 Å². The van der Waals surface area contributed by atoms with Gasteiger partial charge in [0.05, 0.1) is 23.9 Å². The lowest BCUT2D eigenvalue weighted by Gasteiger charge is -2.36. The number of nitrogens with zero attached hydrogens (tertiary/aromatic N) is 3. The third kappa shape index (κ3) is 4.20. The van der Waals surface area contributed by atoms with Crippen LogP contribution in [-0.4, -0.2) is 61.4 Å². The number of rotatable bonds is 5. The maximum absolute atomic E-state index is 13.6. The molecule has 0 aliphatic carbocycles. The summed E-state index contributed by atoms with van der Waals surface area (Å²) < 4.78 is 45.3. The molecule has 0 N–H and O–H groups in total. The summed E-state index contributed by atoms with van der Waals surface area (Å²) in [4.78, 5) is 32.1. The Balaban J connectivity index is 1.82. The quantitative estimate of drug-likeness (QED) is 0.640. The highest BCUT2D eigenvalue weighted by Crippen LogP contribution is 2.40. The van der Waals surface area contributed by atoms with E-state index in [1.165, 1.54) is 19.2 Å². The van der Waals surface area contributed by atoms with Crippen molar-refractivity contribution in [1.82, 2.24) is 9.80 Å². The van der Waals surface area contributed by atoms with Gasteiger partial charge in [0, 0.05) is 31.7 Å². The number of carbonyl (C=O) groups excluding carboxylic acids is 2. The first kappa shape index (κ1) is 22.8. The van der Waals surface area contributed by atoms with Crippen LogP contribution in [-0.2, 0) is 15.8 Å². The van der Waals surface area contributed by atoms with Gasteiger partial charge in [0.1, 0.15) is 11.4 Å². The molecule has 33 heavy (non-hydrogen) atoms. The lowest BCUT2D eigenvalue weighted by molar-refractivity contribution is -0.137. The van der Waals surface area contributed by atoms with E-state index in [9.17, 15) is 22.8 Å². The van der Waals surface area contributed by atoms with E-state index in [4.69, 9.17) is 4.74 Å². The Morgan fingerprint density at radius 2 is 1.64 bits per heavy atom. The number of hydrogen-bond donors (Lipinski definition) is 0. The van der Waals surface area contributed by atoms with E-state index < -0.39 is 23.6 Å². The molecule has 4 rings (SSSR count). The Bertz CT molecular complexity index is 1110. The third-order valence-electron chi connectivity index (χ3n) is 6.00. The van der Waals surface area contributed by atoms with Crippen LogP contribution < -0.4 is 9.64 Å². The fourth-order valence-corrected chi connectivity index (χ4v) is 4.25. The molecule has 174 valence electrons. The van der Waals surface area contributed by atoms with Crippen molar-refractivity contribution in [3.8, 4) is 5.75 Å². The van der Waals surface area contributed by atoms with Crippen molar-refractivity contribution >= 4 is 23.1 Å². The predicted molar refractivity (Wildman–Crippen MR) is 118 cm³/mol. The molecule has 2 heterocycles. The molecular weight excluding hydrogens is 435 g/mol. The molecule has 0 bridgehead atoms. The van der Waals surface area contributed by atoms with Crippen LogP contribution in [0.3, 0.4) is 0 Å². The van der Waals surface area contributed by atoms with Crippen LogP contribution in [0, 0.1) is 0 Å². The molecule has 2 aliphatic heterocycles. The van der Waals surface area contributed by atoms with Gasteiger partial charge in [-0.3, -0.25) is 9.59 Å². The molecule has 2 aliphatic rings. The average Bonchev–Trinajstić information content (AvgIpc) is 3.08. The molecule has 0 atom stereocenters. The van der Waals surface area contributed by atoms with E-state index in [0.29, 0.717) is 37.5 Å². The summed E-state index contributed by atoms with van der Waals surface area (Å²) in [6, 6.07) is 11.1. The topological polar surface area (TPSA) is 53.1 Å². The molecule has 9 heteroatoms. The fraction of sp³-hybridized carbons (Fsp3) is 0.333. The van der Waals surface area contributed by atoms with Crippen LogP contribution in [0.4, 0.5) is 18.9 Å². The van der Waals surface area contributed by atoms with Crippen LogP contribution in [0.15, 0.2) is 54.2 Å². The highest BCUT2D eigenvalue weighted by Gasteiger charge is 2.44. The second-order valence-electron chi connectivity index (χ2n) is 7.84. The van der Waals surface area contributed by atoms with Crippen LogP contribution >= 0.6 is 0 Å². The number of likely N-dealkylation sites (N-methyl/N-ethyl adjacent to an activating group) is 1. The lowest BCUT2D eigenvalue weighted by atomic mass is 10.0. The van der Waals surface area contributed by atoms with E-state index in [-0.39, 0.29) is 17.0 Å². The van der Waals surface area contributed by atoms with Crippen molar-refractivity contribution in [3.05, 3.63) is 65.4 Å². The lowest BCUT2D eigenvalue weighted by Crippen LogP contribution is -2.47. The molecule has 0 unspecified atom stereocenters. The maximum atomic E-state index is 13.6. The van der Waals surface area contributed by atoms with E-state index in [1.807, 2.05) is 4.90 Å². The van der Waals surface area contributed by atoms with Gasteiger partial charge in [0.2, 0.25) is 0 Å². The van der Waals surface area contributed by atoms with Crippen LogP contribution in [0.2, 0.25) is 0 Å². The third-order valence-corrected chi connectivity index (χ3v) is 6.00. The Labute approximate surface area is 189 Å². The van der Waals surface area contributed by atoms with Crippen molar-refractivity contribution in [2.24, 2.45) is 0 Å². The highest BCUT2D eigenvalue weighted by molar-refractivity contribution is 6.45. The average molecular weight is 459 g/mol. The number of para-hydroxylation sites is 1. The zero-order valence-corrected chi connectivity index (χ0v) is 18.4. The molecule has 0 spiro atoms. The van der Waals surface area contributed by atoms with Gasteiger partial charge >= 0.3 is 6.18 Å². The largest absolute Gasteiger partial charge is 0.496 e. The molecule has 0 radical (unpaired) electrons. The molecule has 2 amide bonds. The number of benzene rings is 2. The number of halogens is 3.